The second kappa shape index (κ2) is 5.07. The maximum Gasteiger partial charge on any atom is 0.322 e. The van der Waals surface area contributed by atoms with E-state index in [2.05, 4.69) is 15.3 Å². The largest absolute Gasteiger partial charge is 0.480 e. The van der Waals surface area contributed by atoms with Gasteiger partial charge >= 0.3 is 5.97 Å². The van der Waals surface area contributed by atoms with Gasteiger partial charge in [-0.2, -0.15) is 0 Å². The van der Waals surface area contributed by atoms with Gasteiger partial charge in [-0.05, 0) is 0 Å². The molecule has 0 fully saturated rings. The van der Waals surface area contributed by atoms with Crippen molar-refractivity contribution in [2.45, 2.75) is 0 Å². The van der Waals surface area contributed by atoms with E-state index >= 15 is 0 Å². The van der Waals surface area contributed by atoms with Crippen LogP contribution in [0.25, 0.3) is 11.3 Å². The second-order valence-electron chi connectivity index (χ2n) is 3.40. The highest BCUT2D eigenvalue weighted by molar-refractivity contribution is 5.72. The molecule has 1 aromatic carbocycles. The van der Waals surface area contributed by atoms with Crippen LogP contribution in [0.3, 0.4) is 0 Å². The number of hydrogen-bond acceptors (Lipinski definition) is 4. The van der Waals surface area contributed by atoms with Gasteiger partial charge in [-0.3, -0.25) is 4.79 Å². The summed E-state index contributed by atoms with van der Waals surface area (Å²) in [5.74, 6) is -0.425. The summed E-state index contributed by atoms with van der Waals surface area (Å²) in [6, 6.07) is 11.3. The van der Waals surface area contributed by atoms with Gasteiger partial charge in [0.1, 0.15) is 18.7 Å². The number of nitrogens with zero attached hydrogens (tertiary/aromatic N) is 2. The Hall–Kier alpha value is -2.43. The first-order valence-electron chi connectivity index (χ1n) is 5.09. The van der Waals surface area contributed by atoms with Crippen molar-refractivity contribution in [3.63, 3.8) is 0 Å². The molecule has 0 atom stereocenters. The van der Waals surface area contributed by atoms with Crippen LogP contribution in [0.5, 0.6) is 0 Å². The van der Waals surface area contributed by atoms with Crippen LogP contribution >= 0.6 is 0 Å². The van der Waals surface area contributed by atoms with Crippen molar-refractivity contribution < 1.29 is 9.90 Å². The minimum atomic E-state index is -0.926. The third kappa shape index (κ3) is 3.01. The molecule has 0 radical (unpaired) electrons. The molecule has 0 spiro atoms. The quantitative estimate of drug-likeness (QED) is 0.833. The zero-order valence-corrected chi connectivity index (χ0v) is 9.00. The van der Waals surface area contributed by atoms with Crippen molar-refractivity contribution in [3.05, 3.63) is 42.7 Å². The normalized spacial score (nSPS) is 9.88. The van der Waals surface area contributed by atoms with Crippen LogP contribution in [0.15, 0.2) is 42.7 Å². The molecule has 0 aliphatic rings. The predicted molar refractivity (Wildman–Crippen MR) is 63.6 cm³/mol. The molecule has 5 heteroatoms. The Balaban J connectivity index is 2.20. The van der Waals surface area contributed by atoms with E-state index in [1.54, 1.807) is 6.07 Å². The minimum Gasteiger partial charge on any atom is -0.480 e. The second-order valence-corrected chi connectivity index (χ2v) is 3.40. The first-order chi connectivity index (χ1) is 8.25. The van der Waals surface area contributed by atoms with Crippen LogP contribution in [-0.4, -0.2) is 27.6 Å². The lowest BCUT2D eigenvalue weighted by Gasteiger charge is -2.04. The number of benzene rings is 1. The predicted octanol–water partition coefficient (Wildman–Crippen LogP) is 1.64. The number of rotatable bonds is 4. The van der Waals surface area contributed by atoms with E-state index in [0.717, 1.165) is 11.3 Å². The highest BCUT2D eigenvalue weighted by atomic mass is 16.4. The fourth-order valence-electron chi connectivity index (χ4n) is 1.39. The van der Waals surface area contributed by atoms with Gasteiger partial charge in [0.05, 0.1) is 5.69 Å². The first kappa shape index (κ1) is 11.1. The third-order valence-corrected chi connectivity index (χ3v) is 2.16. The van der Waals surface area contributed by atoms with E-state index in [0.29, 0.717) is 5.82 Å². The molecule has 2 rings (SSSR count). The molecule has 5 nitrogen and oxygen atoms in total. The number of carboxylic acids is 1. The summed E-state index contributed by atoms with van der Waals surface area (Å²) in [5.41, 5.74) is 1.72. The average molecular weight is 229 g/mol. The van der Waals surface area contributed by atoms with E-state index in [4.69, 9.17) is 5.11 Å². The van der Waals surface area contributed by atoms with Gasteiger partial charge in [0.25, 0.3) is 0 Å². The van der Waals surface area contributed by atoms with Crippen molar-refractivity contribution in [3.8, 4) is 11.3 Å². The summed E-state index contributed by atoms with van der Waals surface area (Å²) in [5, 5.41) is 11.3. The minimum absolute atomic E-state index is 0.161. The number of carboxylic acid groups (broad SMARTS) is 1. The van der Waals surface area contributed by atoms with Crippen molar-refractivity contribution in [1.29, 1.82) is 0 Å². The van der Waals surface area contributed by atoms with Crippen LogP contribution < -0.4 is 5.32 Å². The molecular weight excluding hydrogens is 218 g/mol. The molecule has 0 saturated heterocycles. The monoisotopic (exact) mass is 229 g/mol. The zero-order valence-electron chi connectivity index (χ0n) is 9.00. The Labute approximate surface area is 98.2 Å². The lowest BCUT2D eigenvalue weighted by molar-refractivity contribution is -0.134. The lowest BCUT2D eigenvalue weighted by atomic mass is 10.1. The number of nitrogens with one attached hydrogen (secondary N) is 1. The number of carbonyl (C=O) groups is 1. The van der Waals surface area contributed by atoms with Crippen molar-refractivity contribution in [2.75, 3.05) is 11.9 Å². The molecule has 1 aromatic heterocycles. The van der Waals surface area contributed by atoms with Gasteiger partial charge in [0.2, 0.25) is 0 Å². The Kier molecular flexibility index (Phi) is 3.30. The van der Waals surface area contributed by atoms with Crippen LogP contribution in [0.4, 0.5) is 5.82 Å². The SMILES string of the molecule is O=C(O)CNc1cc(-c2ccccc2)ncn1. The lowest BCUT2D eigenvalue weighted by Crippen LogP contribution is -2.13. The number of hydrogen-bond donors (Lipinski definition) is 2. The fraction of sp³-hybridized carbons (Fsp3) is 0.0833. The van der Waals surface area contributed by atoms with Crippen LogP contribution in [-0.2, 0) is 4.79 Å². The van der Waals surface area contributed by atoms with Gasteiger partial charge in [0, 0.05) is 11.6 Å². The van der Waals surface area contributed by atoms with Gasteiger partial charge in [-0.1, -0.05) is 30.3 Å². The Morgan fingerprint density at radius 1 is 1.24 bits per heavy atom. The van der Waals surface area contributed by atoms with E-state index in [-0.39, 0.29) is 6.54 Å². The Bertz CT molecular complexity index is 514. The molecule has 0 amide bonds. The summed E-state index contributed by atoms with van der Waals surface area (Å²) >= 11 is 0. The van der Waals surface area contributed by atoms with Crippen LogP contribution in [0, 0.1) is 0 Å². The van der Waals surface area contributed by atoms with Gasteiger partial charge in [0.15, 0.2) is 0 Å². The van der Waals surface area contributed by atoms with Crippen molar-refractivity contribution in [1.82, 2.24) is 9.97 Å². The molecule has 0 unspecified atom stereocenters. The third-order valence-electron chi connectivity index (χ3n) is 2.16. The average Bonchev–Trinajstić information content (AvgIpc) is 2.38. The maximum atomic E-state index is 10.4. The zero-order chi connectivity index (χ0) is 12.1. The molecule has 0 saturated carbocycles. The smallest absolute Gasteiger partial charge is 0.322 e. The van der Waals surface area contributed by atoms with Gasteiger partial charge in [-0.25, -0.2) is 9.97 Å². The standard InChI is InChI=1S/C12H11N3O2/c16-12(17)7-13-11-6-10(14-8-15-11)9-4-2-1-3-5-9/h1-6,8H,7H2,(H,16,17)(H,13,14,15). The molecule has 17 heavy (non-hydrogen) atoms. The highest BCUT2D eigenvalue weighted by Gasteiger charge is 2.02. The molecule has 0 aliphatic heterocycles. The highest BCUT2D eigenvalue weighted by Crippen LogP contribution is 2.17. The van der Waals surface area contributed by atoms with Gasteiger partial charge in [-0.15, -0.1) is 0 Å². The van der Waals surface area contributed by atoms with E-state index in [9.17, 15) is 4.79 Å². The summed E-state index contributed by atoms with van der Waals surface area (Å²) < 4.78 is 0. The fourth-order valence-corrected chi connectivity index (χ4v) is 1.39. The van der Waals surface area contributed by atoms with E-state index in [1.165, 1.54) is 6.33 Å². The molecule has 2 N–H and O–H groups in total. The van der Waals surface area contributed by atoms with Crippen molar-refractivity contribution in [2.24, 2.45) is 0 Å². The Morgan fingerprint density at radius 2 is 2.00 bits per heavy atom. The summed E-state index contributed by atoms with van der Waals surface area (Å²) in [6.45, 7) is -0.161. The topological polar surface area (TPSA) is 75.1 Å². The number of aliphatic carboxylic acids is 1. The molecule has 86 valence electrons. The molecule has 1 heterocycles. The van der Waals surface area contributed by atoms with E-state index < -0.39 is 5.97 Å². The molecule has 2 aromatic rings. The Morgan fingerprint density at radius 3 is 2.71 bits per heavy atom. The van der Waals surface area contributed by atoms with E-state index in [1.807, 2.05) is 30.3 Å². The number of aromatic nitrogens is 2. The maximum absolute atomic E-state index is 10.4. The molecule has 0 bridgehead atoms. The molecular formula is C12H11N3O2. The van der Waals surface area contributed by atoms with Gasteiger partial charge < -0.3 is 10.4 Å². The van der Waals surface area contributed by atoms with Crippen LogP contribution in [0.1, 0.15) is 0 Å². The molecule has 0 aliphatic carbocycles. The summed E-state index contributed by atoms with van der Waals surface area (Å²) in [6.07, 6.45) is 1.41. The first-order valence-corrected chi connectivity index (χ1v) is 5.09. The summed E-state index contributed by atoms with van der Waals surface area (Å²) in [4.78, 5) is 18.5. The van der Waals surface area contributed by atoms with Crippen molar-refractivity contribution >= 4 is 11.8 Å². The summed E-state index contributed by atoms with van der Waals surface area (Å²) in [7, 11) is 0. The number of anilines is 1. The van der Waals surface area contributed by atoms with Crippen LogP contribution in [0.2, 0.25) is 0 Å².